The van der Waals surface area contributed by atoms with Crippen molar-refractivity contribution in [2.45, 2.75) is 13.5 Å². The highest BCUT2D eigenvalue weighted by Crippen LogP contribution is 2.10. The molecular formula is C15H16N2O3. The van der Waals surface area contributed by atoms with Crippen molar-refractivity contribution in [2.24, 2.45) is 7.05 Å². The molecule has 1 aromatic heterocycles. The van der Waals surface area contributed by atoms with Crippen LogP contribution in [0.2, 0.25) is 0 Å². The van der Waals surface area contributed by atoms with Gasteiger partial charge in [-0.15, -0.1) is 0 Å². The molecule has 2 rings (SSSR count). The lowest BCUT2D eigenvalue weighted by Gasteiger charge is -2.08. The molecule has 0 saturated carbocycles. The molecule has 5 heteroatoms. The minimum Gasteiger partial charge on any atom is -0.502 e. The van der Waals surface area contributed by atoms with E-state index in [1.165, 1.54) is 23.9 Å². The Labute approximate surface area is 116 Å². The summed E-state index contributed by atoms with van der Waals surface area (Å²) in [4.78, 5) is 23.5. The zero-order valence-electron chi connectivity index (χ0n) is 11.4. The van der Waals surface area contributed by atoms with Crippen molar-refractivity contribution in [3.63, 3.8) is 0 Å². The Morgan fingerprint density at radius 3 is 2.55 bits per heavy atom. The fraction of sp³-hybridized carbons (Fsp3) is 0.200. The number of hydrogen-bond donors (Lipinski definition) is 2. The normalized spacial score (nSPS) is 10.3. The number of aromatic nitrogens is 1. The number of benzene rings is 1. The second-order valence-electron chi connectivity index (χ2n) is 4.66. The van der Waals surface area contributed by atoms with E-state index in [-0.39, 0.29) is 5.56 Å². The van der Waals surface area contributed by atoms with Crippen molar-refractivity contribution in [3.8, 4) is 5.75 Å². The maximum atomic E-state index is 12.0. The lowest BCUT2D eigenvalue weighted by Crippen LogP contribution is -2.26. The van der Waals surface area contributed by atoms with E-state index in [4.69, 9.17) is 0 Å². The molecule has 0 radical (unpaired) electrons. The number of carbonyl (C=O) groups is 1. The Balaban J connectivity index is 2.11. The molecule has 0 bridgehead atoms. The minimum atomic E-state index is -0.590. The van der Waals surface area contributed by atoms with Crippen LogP contribution in [0.5, 0.6) is 5.75 Å². The third-order valence-electron chi connectivity index (χ3n) is 3.06. The van der Waals surface area contributed by atoms with Crippen LogP contribution in [0.25, 0.3) is 0 Å². The third kappa shape index (κ3) is 2.88. The van der Waals surface area contributed by atoms with Crippen LogP contribution < -0.4 is 10.9 Å². The second kappa shape index (κ2) is 5.61. The van der Waals surface area contributed by atoms with Gasteiger partial charge in [0.1, 0.15) is 0 Å². The van der Waals surface area contributed by atoms with Gasteiger partial charge in [0.25, 0.3) is 11.5 Å². The number of carbonyl (C=O) groups excluding carboxylic acids is 1. The Kier molecular flexibility index (Phi) is 3.89. The van der Waals surface area contributed by atoms with Gasteiger partial charge in [0.2, 0.25) is 0 Å². The van der Waals surface area contributed by atoms with Gasteiger partial charge in [-0.05, 0) is 18.6 Å². The van der Waals surface area contributed by atoms with E-state index in [0.717, 1.165) is 11.1 Å². The number of pyridine rings is 1. The lowest BCUT2D eigenvalue weighted by atomic mass is 10.1. The summed E-state index contributed by atoms with van der Waals surface area (Å²) in [7, 11) is 1.51. The minimum absolute atomic E-state index is 0.0137. The molecule has 1 aromatic carbocycles. The first kappa shape index (κ1) is 13.9. The molecule has 104 valence electrons. The highest BCUT2D eigenvalue weighted by atomic mass is 16.3. The molecule has 1 amide bonds. The fourth-order valence-electron chi connectivity index (χ4n) is 1.78. The van der Waals surface area contributed by atoms with Crippen LogP contribution in [0.4, 0.5) is 0 Å². The predicted molar refractivity (Wildman–Crippen MR) is 75.7 cm³/mol. The summed E-state index contributed by atoms with van der Waals surface area (Å²) in [6.45, 7) is 2.33. The van der Waals surface area contributed by atoms with Crippen molar-refractivity contribution in [1.29, 1.82) is 0 Å². The molecule has 0 saturated heterocycles. The molecule has 5 nitrogen and oxygen atoms in total. The lowest BCUT2D eigenvalue weighted by molar-refractivity contribution is 0.0947. The van der Waals surface area contributed by atoms with Crippen LogP contribution in [0.1, 0.15) is 21.5 Å². The zero-order chi connectivity index (χ0) is 14.7. The van der Waals surface area contributed by atoms with Gasteiger partial charge in [0, 0.05) is 19.8 Å². The van der Waals surface area contributed by atoms with Crippen molar-refractivity contribution >= 4 is 5.91 Å². The molecule has 0 spiro atoms. The molecule has 2 N–H and O–H groups in total. The van der Waals surface area contributed by atoms with Crippen molar-refractivity contribution in [1.82, 2.24) is 9.88 Å². The standard InChI is InChI=1S/C15H16N2O3/c1-10-3-5-11(6-4-10)9-16-14(19)12-7-8-17(2)15(20)13(12)18/h3-8,18H,9H2,1-2H3,(H,16,19). The molecule has 0 unspecified atom stereocenters. The summed E-state index contributed by atoms with van der Waals surface area (Å²) >= 11 is 0. The SMILES string of the molecule is Cc1ccc(CNC(=O)c2ccn(C)c(=O)c2O)cc1. The van der Waals surface area contributed by atoms with Gasteiger partial charge in [-0.1, -0.05) is 29.8 Å². The van der Waals surface area contributed by atoms with Crippen molar-refractivity contribution in [3.05, 3.63) is 63.6 Å². The molecule has 2 aromatic rings. The van der Waals surface area contributed by atoms with Gasteiger partial charge in [-0.25, -0.2) is 0 Å². The highest BCUT2D eigenvalue weighted by molar-refractivity contribution is 5.96. The zero-order valence-corrected chi connectivity index (χ0v) is 11.4. The maximum absolute atomic E-state index is 12.0. The van der Waals surface area contributed by atoms with E-state index in [1.807, 2.05) is 31.2 Å². The quantitative estimate of drug-likeness (QED) is 0.885. The van der Waals surface area contributed by atoms with Crippen LogP contribution in [0, 0.1) is 6.92 Å². The van der Waals surface area contributed by atoms with Gasteiger partial charge in [-0.2, -0.15) is 0 Å². The van der Waals surface area contributed by atoms with Crippen LogP contribution in [0.3, 0.4) is 0 Å². The molecule has 1 heterocycles. The summed E-state index contributed by atoms with van der Waals surface area (Å²) in [5.41, 5.74) is 1.49. The summed E-state index contributed by atoms with van der Waals surface area (Å²) < 4.78 is 1.21. The van der Waals surface area contributed by atoms with Crippen LogP contribution in [-0.2, 0) is 13.6 Å². The number of hydrogen-bond acceptors (Lipinski definition) is 3. The number of nitrogens with zero attached hydrogens (tertiary/aromatic N) is 1. The van der Waals surface area contributed by atoms with E-state index < -0.39 is 17.2 Å². The number of nitrogens with one attached hydrogen (secondary N) is 1. The Morgan fingerprint density at radius 2 is 1.90 bits per heavy atom. The van der Waals surface area contributed by atoms with Gasteiger partial charge in [0.15, 0.2) is 5.75 Å². The number of amides is 1. The second-order valence-corrected chi connectivity index (χ2v) is 4.66. The van der Waals surface area contributed by atoms with Crippen molar-refractivity contribution < 1.29 is 9.90 Å². The molecule has 20 heavy (non-hydrogen) atoms. The first-order valence-electron chi connectivity index (χ1n) is 6.21. The highest BCUT2D eigenvalue weighted by Gasteiger charge is 2.14. The first-order chi connectivity index (χ1) is 9.49. The van der Waals surface area contributed by atoms with Crippen LogP contribution in [-0.4, -0.2) is 15.6 Å². The summed E-state index contributed by atoms with van der Waals surface area (Å²) in [6, 6.07) is 9.16. The van der Waals surface area contributed by atoms with Gasteiger partial charge >= 0.3 is 0 Å². The van der Waals surface area contributed by atoms with Crippen molar-refractivity contribution in [2.75, 3.05) is 0 Å². The summed E-state index contributed by atoms with van der Waals surface area (Å²) in [6.07, 6.45) is 1.45. The van der Waals surface area contributed by atoms with E-state index in [0.29, 0.717) is 6.54 Å². The summed E-state index contributed by atoms with van der Waals surface area (Å²) in [5.74, 6) is -1.00. The van der Waals surface area contributed by atoms with E-state index in [2.05, 4.69) is 5.32 Å². The molecule has 0 aliphatic rings. The Bertz CT molecular complexity index is 687. The van der Waals surface area contributed by atoms with E-state index in [1.54, 1.807) is 0 Å². The number of aryl methyl sites for hydroxylation is 2. The summed E-state index contributed by atoms with van der Waals surface area (Å²) in [5, 5.41) is 12.4. The number of aromatic hydroxyl groups is 1. The number of rotatable bonds is 3. The van der Waals surface area contributed by atoms with Gasteiger partial charge in [-0.3, -0.25) is 9.59 Å². The average Bonchev–Trinajstić information content (AvgIpc) is 2.44. The van der Waals surface area contributed by atoms with E-state index >= 15 is 0 Å². The Hall–Kier alpha value is -2.56. The van der Waals surface area contributed by atoms with Gasteiger partial charge in [0.05, 0.1) is 5.56 Å². The molecule has 0 atom stereocenters. The molecule has 0 aliphatic carbocycles. The smallest absolute Gasteiger partial charge is 0.293 e. The average molecular weight is 272 g/mol. The van der Waals surface area contributed by atoms with E-state index in [9.17, 15) is 14.7 Å². The fourth-order valence-corrected chi connectivity index (χ4v) is 1.78. The largest absolute Gasteiger partial charge is 0.502 e. The third-order valence-corrected chi connectivity index (χ3v) is 3.06. The van der Waals surface area contributed by atoms with Gasteiger partial charge < -0.3 is 15.0 Å². The molecule has 0 aliphatic heterocycles. The molecular weight excluding hydrogens is 256 g/mol. The maximum Gasteiger partial charge on any atom is 0.293 e. The Morgan fingerprint density at radius 1 is 1.25 bits per heavy atom. The monoisotopic (exact) mass is 272 g/mol. The predicted octanol–water partition coefficient (Wildman–Crippen LogP) is 1.33. The van der Waals surface area contributed by atoms with Crippen LogP contribution >= 0.6 is 0 Å². The topological polar surface area (TPSA) is 71.3 Å². The first-order valence-corrected chi connectivity index (χ1v) is 6.21. The van der Waals surface area contributed by atoms with Crippen LogP contribution in [0.15, 0.2) is 41.3 Å². The molecule has 0 fully saturated rings.